The summed E-state index contributed by atoms with van der Waals surface area (Å²) in [7, 11) is 3.22. The largest absolute Gasteiger partial charge is 0.301 e. The SMILES string of the molecule is CN(C(=O)c1nnn(C)n1)c1ncc(Br)s1. The quantitative estimate of drug-likeness (QED) is 0.816. The Bertz CT molecular complexity index is 522. The molecule has 9 heteroatoms. The maximum Gasteiger partial charge on any atom is 0.301 e. The molecule has 2 rings (SSSR count). The fourth-order valence-electron chi connectivity index (χ4n) is 1.01. The zero-order valence-corrected chi connectivity index (χ0v) is 10.9. The molecule has 0 aromatic carbocycles. The van der Waals surface area contributed by atoms with Gasteiger partial charge in [0.2, 0.25) is 0 Å². The van der Waals surface area contributed by atoms with Crippen molar-refractivity contribution in [2.75, 3.05) is 11.9 Å². The van der Waals surface area contributed by atoms with Crippen molar-refractivity contribution in [2.24, 2.45) is 7.05 Å². The van der Waals surface area contributed by atoms with Crippen molar-refractivity contribution >= 4 is 38.3 Å². The van der Waals surface area contributed by atoms with E-state index in [0.717, 1.165) is 3.79 Å². The van der Waals surface area contributed by atoms with Gasteiger partial charge in [-0.05, 0) is 21.1 Å². The van der Waals surface area contributed by atoms with Crippen molar-refractivity contribution < 1.29 is 4.79 Å². The number of carbonyl (C=O) groups is 1. The maximum atomic E-state index is 11.9. The van der Waals surface area contributed by atoms with Crippen LogP contribution in [-0.4, -0.2) is 38.1 Å². The molecule has 0 atom stereocenters. The van der Waals surface area contributed by atoms with Crippen LogP contribution < -0.4 is 4.90 Å². The highest BCUT2D eigenvalue weighted by Crippen LogP contribution is 2.26. The van der Waals surface area contributed by atoms with Gasteiger partial charge in [-0.2, -0.15) is 4.80 Å². The summed E-state index contributed by atoms with van der Waals surface area (Å²) in [6.07, 6.45) is 1.63. The van der Waals surface area contributed by atoms with Crippen LogP contribution in [0.1, 0.15) is 10.6 Å². The molecule has 2 aromatic heterocycles. The van der Waals surface area contributed by atoms with Gasteiger partial charge in [-0.25, -0.2) is 4.98 Å². The summed E-state index contributed by atoms with van der Waals surface area (Å²) in [5, 5.41) is 11.7. The molecular weight excluding hydrogens is 296 g/mol. The number of amides is 1. The van der Waals surface area contributed by atoms with Gasteiger partial charge in [0.25, 0.3) is 5.82 Å². The van der Waals surface area contributed by atoms with E-state index in [-0.39, 0.29) is 11.7 Å². The number of hydrogen-bond acceptors (Lipinski definition) is 6. The van der Waals surface area contributed by atoms with Gasteiger partial charge in [-0.3, -0.25) is 9.69 Å². The van der Waals surface area contributed by atoms with Crippen LogP contribution in [0.4, 0.5) is 5.13 Å². The van der Waals surface area contributed by atoms with Crippen molar-refractivity contribution in [3.8, 4) is 0 Å². The average Bonchev–Trinajstić information content (AvgIpc) is 2.85. The molecule has 0 unspecified atom stereocenters. The van der Waals surface area contributed by atoms with Crippen LogP contribution in [0.2, 0.25) is 0 Å². The van der Waals surface area contributed by atoms with E-state index >= 15 is 0 Å². The Morgan fingerprint density at radius 2 is 2.38 bits per heavy atom. The highest BCUT2D eigenvalue weighted by atomic mass is 79.9. The second kappa shape index (κ2) is 4.26. The molecule has 84 valence electrons. The Morgan fingerprint density at radius 3 is 2.88 bits per heavy atom. The summed E-state index contributed by atoms with van der Waals surface area (Å²) in [6, 6.07) is 0. The number of nitrogens with zero attached hydrogens (tertiary/aromatic N) is 6. The van der Waals surface area contributed by atoms with E-state index in [1.165, 1.54) is 21.0 Å². The van der Waals surface area contributed by atoms with Crippen LogP contribution in [0.5, 0.6) is 0 Å². The van der Waals surface area contributed by atoms with E-state index in [9.17, 15) is 4.79 Å². The summed E-state index contributed by atoms with van der Waals surface area (Å²) >= 11 is 4.63. The highest BCUT2D eigenvalue weighted by Gasteiger charge is 2.20. The molecule has 0 aliphatic rings. The Morgan fingerprint density at radius 1 is 1.62 bits per heavy atom. The molecule has 0 saturated carbocycles. The number of anilines is 1. The first-order chi connectivity index (χ1) is 7.58. The number of aromatic nitrogens is 5. The van der Waals surface area contributed by atoms with Crippen molar-refractivity contribution in [1.82, 2.24) is 25.2 Å². The van der Waals surface area contributed by atoms with Crippen LogP contribution in [0.25, 0.3) is 0 Å². The minimum Gasteiger partial charge on any atom is -0.284 e. The van der Waals surface area contributed by atoms with Gasteiger partial charge in [-0.15, -0.1) is 10.2 Å². The third-order valence-corrected chi connectivity index (χ3v) is 3.31. The molecule has 0 fully saturated rings. The second-order valence-electron chi connectivity index (χ2n) is 2.91. The standard InChI is InChI=1S/C7H7BrN6OS/c1-13(7-9-3-4(8)16-7)6(15)5-10-12-14(2)11-5/h3H,1-2H3. The first-order valence-corrected chi connectivity index (χ1v) is 5.82. The zero-order valence-electron chi connectivity index (χ0n) is 8.46. The lowest BCUT2D eigenvalue weighted by Crippen LogP contribution is -2.27. The lowest BCUT2D eigenvalue weighted by atomic mass is 10.5. The highest BCUT2D eigenvalue weighted by molar-refractivity contribution is 9.11. The van der Waals surface area contributed by atoms with Crippen LogP contribution in [0.3, 0.4) is 0 Å². The number of hydrogen-bond donors (Lipinski definition) is 0. The Hall–Kier alpha value is -1.35. The Kier molecular flexibility index (Phi) is 2.97. The number of aryl methyl sites for hydroxylation is 1. The summed E-state index contributed by atoms with van der Waals surface area (Å²) in [5.74, 6) is -0.286. The Balaban J connectivity index is 2.22. The molecule has 2 aromatic rings. The second-order valence-corrected chi connectivity index (χ2v) is 5.30. The summed E-state index contributed by atoms with van der Waals surface area (Å²) < 4.78 is 0.856. The Labute approximate surface area is 103 Å². The number of rotatable bonds is 2. The van der Waals surface area contributed by atoms with Gasteiger partial charge >= 0.3 is 5.91 Å². The molecule has 7 nitrogen and oxygen atoms in total. The van der Waals surface area contributed by atoms with Gasteiger partial charge in [0.05, 0.1) is 17.0 Å². The molecule has 2 heterocycles. The third-order valence-electron chi connectivity index (χ3n) is 1.76. The van der Waals surface area contributed by atoms with Crippen molar-refractivity contribution in [3.05, 3.63) is 15.8 Å². The van der Waals surface area contributed by atoms with Gasteiger partial charge in [0.1, 0.15) is 0 Å². The van der Waals surface area contributed by atoms with E-state index in [1.54, 1.807) is 20.3 Å². The first kappa shape index (κ1) is 11.1. The molecule has 0 bridgehead atoms. The van der Waals surface area contributed by atoms with Crippen molar-refractivity contribution in [1.29, 1.82) is 0 Å². The number of thiazole rings is 1. The van der Waals surface area contributed by atoms with Crippen LogP contribution in [0.15, 0.2) is 9.98 Å². The van der Waals surface area contributed by atoms with Crippen molar-refractivity contribution in [3.63, 3.8) is 0 Å². The van der Waals surface area contributed by atoms with E-state index in [2.05, 4.69) is 36.3 Å². The average molecular weight is 303 g/mol. The van der Waals surface area contributed by atoms with E-state index in [1.807, 2.05) is 0 Å². The minimum absolute atomic E-state index is 0.0522. The fraction of sp³-hybridized carbons (Fsp3) is 0.286. The van der Waals surface area contributed by atoms with E-state index < -0.39 is 0 Å². The fourth-order valence-corrected chi connectivity index (χ4v) is 2.15. The maximum absolute atomic E-state index is 11.9. The molecule has 0 radical (unpaired) electrons. The number of halogens is 1. The number of carbonyl (C=O) groups excluding carboxylic acids is 1. The van der Waals surface area contributed by atoms with E-state index in [4.69, 9.17) is 0 Å². The third kappa shape index (κ3) is 2.09. The van der Waals surface area contributed by atoms with Gasteiger partial charge < -0.3 is 0 Å². The minimum atomic E-state index is -0.338. The predicted octanol–water partition coefficient (Wildman–Crippen LogP) is 0.706. The molecule has 1 amide bonds. The molecular formula is C7H7BrN6OS. The lowest BCUT2D eigenvalue weighted by Gasteiger charge is -2.09. The number of tetrazole rings is 1. The van der Waals surface area contributed by atoms with Crippen LogP contribution >= 0.6 is 27.3 Å². The molecule has 0 spiro atoms. The monoisotopic (exact) mass is 302 g/mol. The van der Waals surface area contributed by atoms with Crippen LogP contribution in [-0.2, 0) is 7.05 Å². The normalized spacial score (nSPS) is 10.4. The summed E-state index contributed by atoms with van der Waals surface area (Å²) in [5.41, 5.74) is 0. The molecule has 16 heavy (non-hydrogen) atoms. The smallest absolute Gasteiger partial charge is 0.284 e. The molecule has 0 aliphatic carbocycles. The first-order valence-electron chi connectivity index (χ1n) is 4.21. The lowest BCUT2D eigenvalue weighted by molar-refractivity contribution is 0.0982. The van der Waals surface area contributed by atoms with Gasteiger partial charge in [0, 0.05) is 7.05 Å². The zero-order chi connectivity index (χ0) is 11.7. The van der Waals surface area contributed by atoms with Gasteiger partial charge in [-0.1, -0.05) is 11.3 Å². The molecule has 0 N–H and O–H groups in total. The van der Waals surface area contributed by atoms with E-state index in [0.29, 0.717) is 5.13 Å². The molecule has 0 aliphatic heterocycles. The topological polar surface area (TPSA) is 76.8 Å². The molecule has 0 saturated heterocycles. The van der Waals surface area contributed by atoms with Gasteiger partial charge in [0.15, 0.2) is 5.13 Å². The predicted molar refractivity (Wildman–Crippen MR) is 61.3 cm³/mol. The van der Waals surface area contributed by atoms with Crippen molar-refractivity contribution in [2.45, 2.75) is 0 Å². The summed E-state index contributed by atoms with van der Waals surface area (Å²) in [6.45, 7) is 0. The summed E-state index contributed by atoms with van der Waals surface area (Å²) in [4.78, 5) is 18.5. The van der Waals surface area contributed by atoms with Crippen LogP contribution in [0, 0.1) is 0 Å².